The number of aryl methyl sites for hydroxylation is 1. The number of fused-ring (bicyclic) bond motifs is 1. The summed E-state index contributed by atoms with van der Waals surface area (Å²) in [4.78, 5) is 7.88. The second-order valence-electron chi connectivity index (χ2n) is 8.57. The number of anilines is 1. The van der Waals surface area contributed by atoms with Gasteiger partial charge in [-0.1, -0.05) is 11.6 Å². The zero-order valence-electron chi connectivity index (χ0n) is 18.3. The Kier molecular flexibility index (Phi) is 5.93. The average Bonchev–Trinajstić information content (AvgIpc) is 3.13. The predicted octanol–water partition coefficient (Wildman–Crippen LogP) is 5.17. The van der Waals surface area contributed by atoms with Crippen molar-refractivity contribution in [2.24, 2.45) is 0 Å². The smallest absolute Gasteiger partial charge is 0.216 e. The van der Waals surface area contributed by atoms with E-state index in [1.54, 1.807) is 20.3 Å². The van der Waals surface area contributed by atoms with Crippen molar-refractivity contribution >= 4 is 43.9 Å². The third-order valence-corrected chi connectivity index (χ3v) is 9.19. The van der Waals surface area contributed by atoms with E-state index in [2.05, 4.69) is 14.4 Å². The molecule has 1 aromatic carbocycles. The van der Waals surface area contributed by atoms with E-state index in [9.17, 15) is 8.42 Å². The molecule has 1 saturated carbocycles. The maximum absolute atomic E-state index is 12.6. The molecule has 2 aromatic heterocycles. The van der Waals surface area contributed by atoms with Crippen LogP contribution in [0, 0.1) is 13.5 Å². The van der Waals surface area contributed by atoms with Crippen molar-refractivity contribution in [1.82, 2.24) is 13.9 Å². The number of rotatable bonds is 4. The van der Waals surface area contributed by atoms with Crippen molar-refractivity contribution in [2.45, 2.75) is 43.9 Å². The maximum Gasteiger partial charge on any atom is 0.216 e. The molecule has 0 atom stereocenters. The molecule has 7 nitrogen and oxygen atoms in total. The Morgan fingerprint density at radius 2 is 1.88 bits per heavy atom. The Hall–Kier alpha value is -2.60. The van der Waals surface area contributed by atoms with Gasteiger partial charge in [-0.05, 0) is 55.7 Å². The van der Waals surface area contributed by atoms with Gasteiger partial charge in [-0.3, -0.25) is 4.98 Å². The summed E-state index contributed by atoms with van der Waals surface area (Å²) >= 11 is 6.52. The topological polar surface area (TPSA) is 85.6 Å². The van der Waals surface area contributed by atoms with Crippen molar-refractivity contribution in [1.29, 1.82) is 0 Å². The molecule has 4 rings (SSSR count). The van der Waals surface area contributed by atoms with Crippen molar-refractivity contribution in [3.05, 3.63) is 52.7 Å². The Morgan fingerprint density at radius 1 is 1.19 bits per heavy atom. The number of aromatic nitrogens is 2. The molecule has 1 aliphatic carbocycles. The molecule has 9 heteroatoms. The van der Waals surface area contributed by atoms with E-state index in [1.807, 2.05) is 25.3 Å². The summed E-state index contributed by atoms with van der Waals surface area (Å²) in [6.07, 6.45) is 7.99. The molecule has 0 saturated heterocycles. The molecule has 0 spiro atoms. The summed E-state index contributed by atoms with van der Waals surface area (Å²) in [5.74, 6) is 0. The van der Waals surface area contributed by atoms with Gasteiger partial charge >= 0.3 is 0 Å². The van der Waals surface area contributed by atoms with E-state index in [0.717, 1.165) is 40.4 Å². The lowest BCUT2D eigenvalue weighted by molar-refractivity contribution is 0.352. The molecule has 0 bridgehead atoms. The summed E-state index contributed by atoms with van der Waals surface area (Å²) in [7, 11) is -0.0778. The van der Waals surface area contributed by atoms with Gasteiger partial charge in [0.05, 0.1) is 28.7 Å². The molecular weight excluding hydrogens is 446 g/mol. The fourth-order valence-electron chi connectivity index (χ4n) is 4.59. The first-order chi connectivity index (χ1) is 15.1. The highest BCUT2D eigenvalue weighted by Crippen LogP contribution is 2.42. The van der Waals surface area contributed by atoms with Gasteiger partial charge in [0.2, 0.25) is 10.0 Å². The number of sulfonamides is 1. The number of hydrogen-bond acceptors (Lipinski definition) is 4. The van der Waals surface area contributed by atoms with Crippen LogP contribution in [0.1, 0.15) is 37.3 Å². The van der Waals surface area contributed by atoms with Crippen molar-refractivity contribution in [3.8, 4) is 11.1 Å². The summed E-state index contributed by atoms with van der Waals surface area (Å²) in [6.45, 7) is 9.46. The van der Waals surface area contributed by atoms with E-state index in [0.29, 0.717) is 29.2 Å². The summed E-state index contributed by atoms with van der Waals surface area (Å²) < 4.78 is 28.7. The van der Waals surface area contributed by atoms with Crippen LogP contribution in [0.15, 0.2) is 30.7 Å². The number of pyridine rings is 1. The first kappa shape index (κ1) is 22.6. The average molecular weight is 472 g/mol. The van der Waals surface area contributed by atoms with Crippen LogP contribution in [0.25, 0.3) is 26.9 Å². The first-order valence-electron chi connectivity index (χ1n) is 10.5. The fraction of sp³-hybridized carbons (Fsp3) is 0.391. The van der Waals surface area contributed by atoms with Gasteiger partial charge in [0.15, 0.2) is 5.69 Å². The molecule has 0 amide bonds. The van der Waals surface area contributed by atoms with Crippen LogP contribution >= 0.6 is 11.6 Å². The fourth-order valence-corrected chi connectivity index (χ4v) is 6.26. The number of nitrogens with zero attached hydrogens (tertiary/aromatic N) is 4. The molecule has 1 fully saturated rings. The summed E-state index contributed by atoms with van der Waals surface area (Å²) in [5, 5.41) is 1.00. The highest BCUT2D eigenvalue weighted by molar-refractivity contribution is 7.89. The number of nitrogens with two attached hydrogens (primary N) is 1. The standard InChI is InChI=1S/C23H26ClN5O2S/c1-14-9-22-17(10-21(14)26-2)19(18-11-27-12-20(25)23(18)24)13-29(22)15-5-7-16(8-6-15)32(30,31)28(3)4/h9-13,15-16H,5-8,25H2,1,3-4H3. The lowest BCUT2D eigenvalue weighted by Gasteiger charge is -2.31. The Bertz CT molecular complexity index is 1330. The number of halogens is 1. The Morgan fingerprint density at radius 3 is 2.50 bits per heavy atom. The first-order valence-corrected chi connectivity index (χ1v) is 12.4. The lowest BCUT2D eigenvalue weighted by Crippen LogP contribution is -2.36. The van der Waals surface area contributed by atoms with Gasteiger partial charge < -0.3 is 10.3 Å². The second kappa shape index (κ2) is 8.39. The molecule has 0 aliphatic heterocycles. The lowest BCUT2D eigenvalue weighted by atomic mass is 9.94. The van der Waals surface area contributed by atoms with Crippen LogP contribution in [0.5, 0.6) is 0 Å². The Balaban J connectivity index is 1.81. The molecule has 0 unspecified atom stereocenters. The summed E-state index contributed by atoms with van der Waals surface area (Å²) in [6, 6.07) is 4.08. The van der Waals surface area contributed by atoms with Gasteiger partial charge in [-0.2, -0.15) is 0 Å². The van der Waals surface area contributed by atoms with Crippen LogP contribution in [-0.4, -0.2) is 41.6 Å². The largest absolute Gasteiger partial charge is 0.396 e. The van der Waals surface area contributed by atoms with Gasteiger partial charge in [-0.15, -0.1) is 0 Å². The van der Waals surface area contributed by atoms with E-state index in [4.69, 9.17) is 23.9 Å². The SMILES string of the molecule is [C-]#[N+]c1cc2c(-c3cncc(N)c3Cl)cn(C3CCC(S(=O)(=O)N(C)C)CC3)c2cc1C. The number of nitrogen functional groups attached to an aromatic ring is 1. The molecule has 0 radical (unpaired) electrons. The third-order valence-electron chi connectivity index (χ3n) is 6.44. The minimum atomic E-state index is -3.26. The molecule has 32 heavy (non-hydrogen) atoms. The van der Waals surface area contributed by atoms with Crippen LogP contribution in [0.3, 0.4) is 0 Å². The van der Waals surface area contributed by atoms with Crippen LogP contribution < -0.4 is 5.73 Å². The van der Waals surface area contributed by atoms with Crippen LogP contribution in [0.2, 0.25) is 5.02 Å². The molecule has 2 N–H and O–H groups in total. The Labute approximate surface area is 193 Å². The zero-order valence-corrected chi connectivity index (χ0v) is 19.9. The highest BCUT2D eigenvalue weighted by atomic mass is 35.5. The highest BCUT2D eigenvalue weighted by Gasteiger charge is 2.33. The number of hydrogen-bond donors (Lipinski definition) is 1. The van der Waals surface area contributed by atoms with Crippen molar-refractivity contribution < 1.29 is 8.42 Å². The molecule has 2 heterocycles. The van der Waals surface area contributed by atoms with Crippen LogP contribution in [0.4, 0.5) is 11.4 Å². The molecule has 168 valence electrons. The van der Waals surface area contributed by atoms with Crippen LogP contribution in [-0.2, 0) is 10.0 Å². The van der Waals surface area contributed by atoms with Gasteiger partial charge in [-0.25, -0.2) is 17.6 Å². The maximum atomic E-state index is 12.6. The van der Waals surface area contributed by atoms with Gasteiger partial charge in [0.25, 0.3) is 0 Å². The minimum Gasteiger partial charge on any atom is -0.396 e. The van der Waals surface area contributed by atoms with E-state index >= 15 is 0 Å². The predicted molar refractivity (Wildman–Crippen MR) is 129 cm³/mol. The molecular formula is C23H26ClN5O2S. The zero-order chi connectivity index (χ0) is 23.2. The van der Waals surface area contributed by atoms with Crippen molar-refractivity contribution in [3.63, 3.8) is 0 Å². The number of benzene rings is 1. The second-order valence-corrected chi connectivity index (χ2v) is 11.4. The molecule has 1 aliphatic rings. The van der Waals surface area contributed by atoms with E-state index in [1.165, 1.54) is 10.5 Å². The van der Waals surface area contributed by atoms with Gasteiger partial charge in [0, 0.05) is 49.2 Å². The van der Waals surface area contributed by atoms with E-state index in [-0.39, 0.29) is 11.3 Å². The minimum absolute atomic E-state index is 0.158. The van der Waals surface area contributed by atoms with E-state index < -0.39 is 10.0 Å². The van der Waals surface area contributed by atoms with Crippen molar-refractivity contribution in [2.75, 3.05) is 19.8 Å². The molecule has 3 aromatic rings. The third kappa shape index (κ3) is 3.75. The summed E-state index contributed by atoms with van der Waals surface area (Å²) in [5.41, 5.74) is 10.5. The normalized spacial score (nSPS) is 19.4. The quantitative estimate of drug-likeness (QED) is 0.531. The van der Waals surface area contributed by atoms with Gasteiger partial charge in [0.1, 0.15) is 0 Å². The monoisotopic (exact) mass is 471 g/mol.